The third-order valence-corrected chi connectivity index (χ3v) is 5.74. The summed E-state index contributed by atoms with van der Waals surface area (Å²) in [5.41, 5.74) is 5.79. The topological polar surface area (TPSA) is 85.2 Å². The predicted octanol–water partition coefficient (Wildman–Crippen LogP) is 5.04. The molecule has 0 spiro atoms. The monoisotopic (exact) mass is 464 g/mol. The van der Waals surface area contributed by atoms with Crippen LogP contribution in [0.4, 0.5) is 11.4 Å². The number of carbonyl (C=O) groups is 2. The first-order valence-corrected chi connectivity index (χ1v) is 11.4. The lowest BCUT2D eigenvalue weighted by Gasteiger charge is -2.15. The molecule has 2 heterocycles. The van der Waals surface area contributed by atoms with Gasteiger partial charge in [0.15, 0.2) is 0 Å². The number of nitrogens with one attached hydrogen (secondary N) is 2. The second kappa shape index (κ2) is 9.69. The highest BCUT2D eigenvalue weighted by Crippen LogP contribution is 2.38. The van der Waals surface area contributed by atoms with Crippen LogP contribution in [-0.4, -0.2) is 28.0 Å². The molecule has 0 bridgehead atoms. The molecule has 1 aromatic heterocycles. The first-order chi connectivity index (χ1) is 17.1. The Morgan fingerprint density at radius 2 is 1.83 bits per heavy atom. The minimum absolute atomic E-state index is 0.232. The fourth-order valence-electron chi connectivity index (χ4n) is 4.08. The Balaban J connectivity index is 1.51. The van der Waals surface area contributed by atoms with Gasteiger partial charge in [-0.25, -0.2) is 9.78 Å². The Labute approximate surface area is 203 Å². The van der Waals surface area contributed by atoms with Gasteiger partial charge in [-0.3, -0.25) is 4.79 Å². The molecule has 0 radical (unpaired) electrons. The van der Waals surface area contributed by atoms with Crippen LogP contribution in [0.15, 0.2) is 91.5 Å². The molecule has 3 aromatic carbocycles. The van der Waals surface area contributed by atoms with Crippen LogP contribution in [0.5, 0.6) is 0 Å². The first-order valence-electron chi connectivity index (χ1n) is 11.4. The van der Waals surface area contributed by atoms with Crippen molar-refractivity contribution in [3.8, 4) is 0 Å². The van der Waals surface area contributed by atoms with Crippen LogP contribution >= 0.6 is 0 Å². The van der Waals surface area contributed by atoms with Gasteiger partial charge in [-0.2, -0.15) is 0 Å². The molecular formula is C28H24N4O3. The standard InChI is InChI=1S/C28H24N4O3/c1-2-35-28(34)21-10-13-23-24(16-21)31-27(33)25(23)26(20-6-4-3-5-7-20)30-22-11-8-19(9-12-22)17-32-15-14-29-18-32/h3-16,18,30H,2,17H2,1H3,(H,31,33)/b26-25-. The Bertz CT molecular complexity index is 1390. The van der Waals surface area contributed by atoms with Gasteiger partial charge >= 0.3 is 5.97 Å². The van der Waals surface area contributed by atoms with Crippen molar-refractivity contribution in [3.63, 3.8) is 0 Å². The molecule has 0 fully saturated rings. The van der Waals surface area contributed by atoms with Crippen LogP contribution in [0.1, 0.15) is 34.0 Å². The number of aromatic nitrogens is 2. The van der Waals surface area contributed by atoms with E-state index in [4.69, 9.17) is 4.74 Å². The summed E-state index contributed by atoms with van der Waals surface area (Å²) in [7, 11) is 0. The number of ether oxygens (including phenoxy) is 1. The smallest absolute Gasteiger partial charge is 0.338 e. The van der Waals surface area contributed by atoms with Crippen molar-refractivity contribution in [2.45, 2.75) is 13.5 Å². The molecule has 4 aromatic rings. The number of rotatable bonds is 7. The van der Waals surface area contributed by atoms with Crippen molar-refractivity contribution >= 4 is 34.5 Å². The summed E-state index contributed by atoms with van der Waals surface area (Å²) in [6.07, 6.45) is 5.47. The summed E-state index contributed by atoms with van der Waals surface area (Å²) in [4.78, 5) is 29.4. The lowest BCUT2D eigenvalue weighted by Crippen LogP contribution is -2.10. The van der Waals surface area contributed by atoms with E-state index in [2.05, 4.69) is 15.6 Å². The molecular weight excluding hydrogens is 440 g/mol. The Hall–Kier alpha value is -4.65. The number of carbonyl (C=O) groups excluding carboxylic acids is 2. The molecule has 7 nitrogen and oxygen atoms in total. The van der Waals surface area contributed by atoms with Crippen LogP contribution < -0.4 is 10.6 Å². The number of esters is 1. The zero-order valence-electron chi connectivity index (χ0n) is 19.2. The number of benzene rings is 3. The molecule has 1 aliphatic rings. The van der Waals surface area contributed by atoms with E-state index >= 15 is 0 Å². The van der Waals surface area contributed by atoms with Gasteiger partial charge < -0.3 is 19.9 Å². The van der Waals surface area contributed by atoms with Crippen molar-refractivity contribution in [1.82, 2.24) is 9.55 Å². The van der Waals surface area contributed by atoms with Crippen molar-refractivity contribution in [3.05, 3.63) is 114 Å². The molecule has 1 aliphatic heterocycles. The van der Waals surface area contributed by atoms with E-state index in [1.165, 1.54) is 0 Å². The molecule has 35 heavy (non-hydrogen) atoms. The van der Waals surface area contributed by atoms with Gasteiger partial charge in [0.25, 0.3) is 5.91 Å². The molecule has 5 rings (SSSR count). The second-order valence-electron chi connectivity index (χ2n) is 8.11. The fourth-order valence-corrected chi connectivity index (χ4v) is 4.08. The Morgan fingerprint density at radius 1 is 1.03 bits per heavy atom. The number of anilines is 2. The van der Waals surface area contributed by atoms with Crippen molar-refractivity contribution in [1.29, 1.82) is 0 Å². The SMILES string of the molecule is CCOC(=O)c1ccc2c(c1)NC(=O)/C2=C(\Nc1ccc(Cn2ccnc2)cc1)c1ccccc1. The average molecular weight is 465 g/mol. The second-order valence-corrected chi connectivity index (χ2v) is 8.11. The van der Waals surface area contributed by atoms with Gasteiger partial charge in [0.1, 0.15) is 0 Å². The van der Waals surface area contributed by atoms with Gasteiger partial charge in [0.05, 0.1) is 35.5 Å². The van der Waals surface area contributed by atoms with E-state index in [1.54, 1.807) is 37.6 Å². The summed E-state index contributed by atoms with van der Waals surface area (Å²) in [6.45, 7) is 2.78. The maximum absolute atomic E-state index is 13.1. The number of fused-ring (bicyclic) bond motifs is 1. The summed E-state index contributed by atoms with van der Waals surface area (Å²) in [5, 5.41) is 6.36. The quantitative estimate of drug-likeness (QED) is 0.296. The molecule has 174 valence electrons. The van der Waals surface area contributed by atoms with E-state index in [0.717, 1.165) is 28.9 Å². The summed E-state index contributed by atoms with van der Waals surface area (Å²) < 4.78 is 7.10. The number of hydrogen-bond acceptors (Lipinski definition) is 5. The van der Waals surface area contributed by atoms with Crippen molar-refractivity contribution < 1.29 is 14.3 Å². The Morgan fingerprint density at radius 3 is 2.54 bits per heavy atom. The van der Waals surface area contributed by atoms with E-state index in [9.17, 15) is 9.59 Å². The van der Waals surface area contributed by atoms with Gasteiger partial charge in [0, 0.05) is 30.2 Å². The number of amides is 1. The number of nitrogens with zero attached hydrogens (tertiary/aromatic N) is 2. The zero-order chi connectivity index (χ0) is 24.2. The largest absolute Gasteiger partial charge is 0.462 e. The van der Waals surface area contributed by atoms with Crippen molar-refractivity contribution in [2.24, 2.45) is 0 Å². The third-order valence-electron chi connectivity index (χ3n) is 5.74. The molecule has 0 saturated carbocycles. The molecule has 0 saturated heterocycles. The third kappa shape index (κ3) is 4.70. The number of hydrogen-bond donors (Lipinski definition) is 2. The van der Waals surface area contributed by atoms with E-state index in [0.29, 0.717) is 22.5 Å². The molecule has 7 heteroatoms. The van der Waals surface area contributed by atoms with Crippen LogP contribution in [0, 0.1) is 0 Å². The van der Waals surface area contributed by atoms with Crippen molar-refractivity contribution in [2.75, 3.05) is 17.2 Å². The van der Waals surface area contributed by atoms with E-state index in [1.807, 2.05) is 65.4 Å². The molecule has 0 aliphatic carbocycles. The highest BCUT2D eigenvalue weighted by molar-refractivity contribution is 6.37. The number of imidazole rings is 1. The van der Waals surface area contributed by atoms with E-state index in [-0.39, 0.29) is 12.5 Å². The minimum Gasteiger partial charge on any atom is -0.462 e. The highest BCUT2D eigenvalue weighted by Gasteiger charge is 2.29. The lowest BCUT2D eigenvalue weighted by molar-refractivity contribution is -0.110. The van der Waals surface area contributed by atoms with Crippen LogP contribution in [0.25, 0.3) is 11.3 Å². The van der Waals surface area contributed by atoms with Gasteiger partial charge in [-0.05, 0) is 42.3 Å². The molecule has 1 amide bonds. The predicted molar refractivity (Wildman–Crippen MR) is 136 cm³/mol. The van der Waals surface area contributed by atoms with Gasteiger partial charge in [0.2, 0.25) is 0 Å². The van der Waals surface area contributed by atoms with Gasteiger partial charge in [-0.15, -0.1) is 0 Å². The van der Waals surface area contributed by atoms with Crippen LogP contribution in [-0.2, 0) is 16.1 Å². The summed E-state index contributed by atoms with van der Waals surface area (Å²) in [5.74, 6) is -0.650. The molecule has 0 atom stereocenters. The normalized spacial score (nSPS) is 13.7. The van der Waals surface area contributed by atoms with E-state index < -0.39 is 5.97 Å². The average Bonchev–Trinajstić information content (AvgIpc) is 3.50. The minimum atomic E-state index is -0.417. The maximum atomic E-state index is 13.1. The Kier molecular flexibility index (Phi) is 6.13. The first kappa shape index (κ1) is 22.2. The molecule has 0 unspecified atom stereocenters. The summed E-state index contributed by atoms with van der Waals surface area (Å²) in [6, 6.07) is 22.9. The highest BCUT2D eigenvalue weighted by atomic mass is 16.5. The van der Waals surface area contributed by atoms with Crippen LogP contribution in [0.3, 0.4) is 0 Å². The summed E-state index contributed by atoms with van der Waals surface area (Å²) >= 11 is 0. The van der Waals surface area contributed by atoms with Gasteiger partial charge in [-0.1, -0.05) is 48.5 Å². The fraction of sp³-hybridized carbons (Fsp3) is 0.107. The lowest BCUT2D eigenvalue weighted by atomic mass is 9.99. The van der Waals surface area contributed by atoms with Crippen LogP contribution in [0.2, 0.25) is 0 Å². The maximum Gasteiger partial charge on any atom is 0.338 e. The molecule has 2 N–H and O–H groups in total. The zero-order valence-corrected chi connectivity index (χ0v) is 19.2.